The molecule has 92 valence electrons. The maximum absolute atomic E-state index is 10.9. The highest BCUT2D eigenvalue weighted by molar-refractivity contribution is 5.66. The molecule has 6 nitrogen and oxygen atoms in total. The lowest BCUT2D eigenvalue weighted by Crippen LogP contribution is -2.40. The van der Waals surface area contributed by atoms with E-state index in [2.05, 4.69) is 4.85 Å². The molecule has 0 fully saturated rings. The summed E-state index contributed by atoms with van der Waals surface area (Å²) < 4.78 is 15.1. The van der Waals surface area contributed by atoms with E-state index in [0.29, 0.717) is 0 Å². The number of carbonyl (C=O) groups is 2. The van der Waals surface area contributed by atoms with E-state index in [0.717, 1.165) is 0 Å². The first-order valence-corrected chi connectivity index (χ1v) is 5.04. The van der Waals surface area contributed by atoms with E-state index in [1.54, 1.807) is 6.08 Å². The molecule has 0 saturated heterocycles. The van der Waals surface area contributed by atoms with Crippen molar-refractivity contribution in [1.82, 2.24) is 0 Å². The van der Waals surface area contributed by atoms with Crippen molar-refractivity contribution in [2.24, 2.45) is 0 Å². The molecule has 0 aromatic rings. The minimum atomic E-state index is -0.734. The van der Waals surface area contributed by atoms with Crippen LogP contribution in [0.25, 0.3) is 4.85 Å². The van der Waals surface area contributed by atoms with E-state index in [-0.39, 0.29) is 6.61 Å². The third-order valence-corrected chi connectivity index (χ3v) is 2.03. The normalized spacial score (nSPS) is 27.0. The Morgan fingerprint density at radius 3 is 2.59 bits per heavy atom. The molecule has 0 aliphatic carbocycles. The van der Waals surface area contributed by atoms with Gasteiger partial charge in [0.15, 0.2) is 6.10 Å². The number of nitrogens with zero attached hydrogens (tertiary/aromatic N) is 1. The Kier molecular flexibility index (Phi) is 4.67. The maximum Gasteiger partial charge on any atom is 0.348 e. The number of hydrogen-bond donors (Lipinski definition) is 0. The van der Waals surface area contributed by atoms with Gasteiger partial charge in [-0.25, -0.2) is 6.57 Å². The number of ether oxygens (including phenoxy) is 3. The van der Waals surface area contributed by atoms with Gasteiger partial charge in [-0.05, 0) is 6.08 Å². The molecule has 1 aliphatic heterocycles. The summed E-state index contributed by atoms with van der Waals surface area (Å²) in [4.78, 5) is 24.8. The predicted octanol–water partition coefficient (Wildman–Crippen LogP) is 0.682. The highest BCUT2D eigenvalue weighted by Crippen LogP contribution is 2.17. The third kappa shape index (κ3) is 4.25. The van der Waals surface area contributed by atoms with Gasteiger partial charge in [-0.1, -0.05) is 0 Å². The van der Waals surface area contributed by atoms with E-state index in [9.17, 15) is 9.59 Å². The molecule has 0 aromatic carbocycles. The van der Waals surface area contributed by atoms with Crippen LogP contribution in [0.15, 0.2) is 12.2 Å². The Labute approximate surface area is 99.0 Å². The SMILES string of the molecule is [C-]#[N+]C1C=C[C@H](OC(C)=O)[C@@H](COC(C)=O)O1. The van der Waals surface area contributed by atoms with Crippen molar-refractivity contribution in [3.63, 3.8) is 0 Å². The van der Waals surface area contributed by atoms with Crippen LogP contribution in [-0.4, -0.2) is 37.0 Å². The Bertz CT molecular complexity index is 371. The van der Waals surface area contributed by atoms with Crippen molar-refractivity contribution in [2.75, 3.05) is 6.61 Å². The smallest absolute Gasteiger partial charge is 0.348 e. The van der Waals surface area contributed by atoms with Gasteiger partial charge in [-0.3, -0.25) is 19.2 Å². The lowest BCUT2D eigenvalue weighted by molar-refractivity contribution is -0.161. The second-order valence-electron chi connectivity index (χ2n) is 3.46. The van der Waals surface area contributed by atoms with Gasteiger partial charge in [-0.15, -0.1) is 0 Å². The molecule has 0 spiro atoms. The van der Waals surface area contributed by atoms with Crippen molar-refractivity contribution in [3.8, 4) is 0 Å². The van der Waals surface area contributed by atoms with Crippen molar-refractivity contribution in [1.29, 1.82) is 0 Å². The summed E-state index contributed by atoms with van der Waals surface area (Å²) in [6.07, 6.45) is 1.06. The summed E-state index contributed by atoms with van der Waals surface area (Å²) in [5, 5.41) is 0. The van der Waals surface area contributed by atoms with E-state index < -0.39 is 30.4 Å². The lowest BCUT2D eigenvalue weighted by Gasteiger charge is -2.26. The van der Waals surface area contributed by atoms with Crippen LogP contribution in [0.5, 0.6) is 0 Å². The Balaban J connectivity index is 2.66. The fourth-order valence-electron chi connectivity index (χ4n) is 1.34. The zero-order valence-corrected chi connectivity index (χ0v) is 9.58. The van der Waals surface area contributed by atoms with Crippen LogP contribution >= 0.6 is 0 Å². The van der Waals surface area contributed by atoms with Gasteiger partial charge in [0.05, 0.1) is 0 Å². The van der Waals surface area contributed by atoms with Crippen LogP contribution in [0.1, 0.15) is 13.8 Å². The Hall–Kier alpha value is -1.87. The van der Waals surface area contributed by atoms with Crippen molar-refractivity contribution >= 4 is 11.9 Å². The van der Waals surface area contributed by atoms with Crippen LogP contribution in [0.4, 0.5) is 0 Å². The fourth-order valence-corrected chi connectivity index (χ4v) is 1.34. The fraction of sp³-hybridized carbons (Fsp3) is 0.545. The second-order valence-corrected chi connectivity index (χ2v) is 3.46. The molecule has 0 saturated carbocycles. The van der Waals surface area contributed by atoms with Crippen molar-refractivity contribution in [3.05, 3.63) is 23.6 Å². The minimum absolute atomic E-state index is 0.0519. The largest absolute Gasteiger partial charge is 0.463 e. The average molecular weight is 239 g/mol. The number of rotatable bonds is 3. The highest BCUT2D eigenvalue weighted by atomic mass is 16.6. The predicted molar refractivity (Wildman–Crippen MR) is 56.6 cm³/mol. The van der Waals surface area contributed by atoms with Crippen LogP contribution in [0, 0.1) is 6.57 Å². The van der Waals surface area contributed by atoms with E-state index in [4.69, 9.17) is 20.8 Å². The summed E-state index contributed by atoms with van der Waals surface area (Å²) in [5.74, 6) is -0.915. The summed E-state index contributed by atoms with van der Waals surface area (Å²) in [7, 11) is 0. The summed E-state index contributed by atoms with van der Waals surface area (Å²) in [6.45, 7) is 9.34. The van der Waals surface area contributed by atoms with Crippen LogP contribution < -0.4 is 0 Å². The van der Waals surface area contributed by atoms with Crippen molar-refractivity contribution < 1.29 is 23.8 Å². The molecular weight excluding hydrogens is 226 g/mol. The van der Waals surface area contributed by atoms with Gasteiger partial charge in [0.1, 0.15) is 12.7 Å². The molecule has 0 amide bonds. The van der Waals surface area contributed by atoms with Gasteiger partial charge >= 0.3 is 18.2 Å². The van der Waals surface area contributed by atoms with Crippen LogP contribution in [-0.2, 0) is 23.8 Å². The van der Waals surface area contributed by atoms with Crippen molar-refractivity contribution in [2.45, 2.75) is 32.3 Å². The molecule has 0 N–H and O–H groups in total. The first kappa shape index (κ1) is 13.2. The molecule has 1 rings (SSSR count). The van der Waals surface area contributed by atoms with E-state index in [1.165, 1.54) is 19.9 Å². The first-order chi connectivity index (χ1) is 8.02. The lowest BCUT2D eigenvalue weighted by atomic mass is 10.1. The molecule has 3 atom stereocenters. The van der Waals surface area contributed by atoms with Gasteiger partial charge in [0, 0.05) is 19.9 Å². The average Bonchev–Trinajstić information content (AvgIpc) is 2.27. The molecule has 0 radical (unpaired) electrons. The highest BCUT2D eigenvalue weighted by Gasteiger charge is 2.32. The Morgan fingerprint density at radius 2 is 2.06 bits per heavy atom. The van der Waals surface area contributed by atoms with Gasteiger partial charge in [0.25, 0.3) is 0 Å². The second kappa shape index (κ2) is 6.01. The zero-order valence-electron chi connectivity index (χ0n) is 9.58. The number of esters is 2. The third-order valence-electron chi connectivity index (χ3n) is 2.03. The van der Waals surface area contributed by atoms with Crippen LogP contribution in [0.3, 0.4) is 0 Å². The number of carbonyl (C=O) groups excluding carboxylic acids is 2. The molecule has 0 aromatic heterocycles. The zero-order chi connectivity index (χ0) is 12.8. The molecule has 1 heterocycles. The monoisotopic (exact) mass is 239 g/mol. The van der Waals surface area contributed by atoms with E-state index in [1.807, 2.05) is 0 Å². The molecule has 17 heavy (non-hydrogen) atoms. The molecule has 1 unspecified atom stereocenters. The first-order valence-electron chi connectivity index (χ1n) is 5.04. The molecule has 1 aliphatic rings. The topological polar surface area (TPSA) is 66.2 Å². The quantitative estimate of drug-likeness (QED) is 0.411. The van der Waals surface area contributed by atoms with Gasteiger partial charge < -0.3 is 9.47 Å². The summed E-state index contributed by atoms with van der Waals surface area (Å²) in [6, 6.07) is 0. The standard InChI is InChI=1S/C11H13NO5/c1-7(13)15-6-10-9(16-8(2)14)4-5-11(12-3)17-10/h4-5,9-11H,6H2,1-2H3/t9-,10+,11?/m0/s1. The van der Waals surface area contributed by atoms with E-state index >= 15 is 0 Å². The molecule has 6 heteroatoms. The van der Waals surface area contributed by atoms with Crippen LogP contribution in [0.2, 0.25) is 0 Å². The maximum atomic E-state index is 10.9. The molecule has 0 bridgehead atoms. The minimum Gasteiger partial charge on any atom is -0.463 e. The summed E-state index contributed by atoms with van der Waals surface area (Å²) >= 11 is 0. The number of hydrogen-bond acceptors (Lipinski definition) is 5. The van der Waals surface area contributed by atoms with Gasteiger partial charge in [-0.2, -0.15) is 0 Å². The Morgan fingerprint density at radius 1 is 1.35 bits per heavy atom. The molecular formula is C11H13NO5. The van der Waals surface area contributed by atoms with Gasteiger partial charge in [0.2, 0.25) is 0 Å². The summed E-state index contributed by atoms with van der Waals surface area (Å²) in [5.41, 5.74) is 0.